The van der Waals surface area contributed by atoms with Crippen LogP contribution < -0.4 is 10.5 Å². The molecule has 7 nitrogen and oxygen atoms in total. The smallest absolute Gasteiger partial charge is 0.272 e. The van der Waals surface area contributed by atoms with E-state index < -0.39 is 27.8 Å². The highest BCUT2D eigenvalue weighted by atomic mass is 35.5. The second-order valence-corrected chi connectivity index (χ2v) is 10.3. The zero-order valence-electron chi connectivity index (χ0n) is 17.9. The molecular weight excluding hydrogens is 456 g/mol. The van der Waals surface area contributed by atoms with Crippen molar-refractivity contribution in [3.05, 3.63) is 51.9 Å². The number of amides is 2. The first-order valence-corrected chi connectivity index (χ1v) is 12.5. The molecule has 0 radical (unpaired) electrons. The van der Waals surface area contributed by atoms with Crippen molar-refractivity contribution < 1.29 is 13.8 Å². The van der Waals surface area contributed by atoms with Crippen LogP contribution in [-0.2, 0) is 25.9 Å². The Morgan fingerprint density at radius 2 is 2.00 bits per heavy atom. The minimum Gasteiger partial charge on any atom is -0.320 e. The summed E-state index contributed by atoms with van der Waals surface area (Å²) in [6, 6.07) is 8.97. The predicted molar refractivity (Wildman–Crippen MR) is 125 cm³/mol. The molecular formula is C21H27ClN4O3S2. The Morgan fingerprint density at radius 3 is 2.55 bits per heavy atom. The molecule has 2 atom stereocenters. The van der Waals surface area contributed by atoms with Crippen molar-refractivity contribution in [1.29, 1.82) is 5.26 Å². The van der Waals surface area contributed by atoms with Crippen molar-refractivity contribution in [2.24, 2.45) is 16.0 Å². The van der Waals surface area contributed by atoms with Crippen LogP contribution in [0.4, 0.5) is 0 Å². The predicted octanol–water partition coefficient (Wildman–Crippen LogP) is 4.30. The van der Waals surface area contributed by atoms with Gasteiger partial charge >= 0.3 is 0 Å². The third kappa shape index (κ3) is 8.42. The Hall–Kier alpha value is -2.25. The number of nitriles is 1. The number of nitrogens with two attached hydrogens (primary N) is 1. The molecule has 2 amide bonds. The fourth-order valence-electron chi connectivity index (χ4n) is 2.49. The van der Waals surface area contributed by atoms with E-state index in [4.69, 9.17) is 22.6 Å². The highest BCUT2D eigenvalue weighted by Gasteiger charge is 2.23. The number of thiophene rings is 1. The van der Waals surface area contributed by atoms with Crippen LogP contribution in [-0.4, -0.2) is 22.1 Å². The van der Waals surface area contributed by atoms with Gasteiger partial charge in [0.2, 0.25) is 5.91 Å². The van der Waals surface area contributed by atoms with E-state index in [1.165, 1.54) is 11.4 Å². The Labute approximate surface area is 192 Å². The molecule has 3 N–H and O–H groups in total. The average molecular weight is 483 g/mol. The number of carbonyl (C=O) groups excluding carboxylic acids is 2. The molecule has 1 aromatic carbocycles. The molecule has 0 aliphatic heterocycles. The van der Waals surface area contributed by atoms with E-state index in [1.807, 2.05) is 33.8 Å². The number of nitrogens with one attached hydrogen (secondary N) is 1. The quantitative estimate of drug-likeness (QED) is 0.608. The Morgan fingerprint density at radius 1 is 1.32 bits per heavy atom. The SMILES string of the molecule is CC.CC(C)C[C@H](N)C(=O)N=S(=O)(NC(=O)Cc1cccc(C#N)c1)c1cc(Cl)cs1. The van der Waals surface area contributed by atoms with Gasteiger partial charge in [-0.05, 0) is 36.1 Å². The highest BCUT2D eigenvalue weighted by molar-refractivity contribution is 7.94. The lowest BCUT2D eigenvalue weighted by Crippen LogP contribution is -2.35. The van der Waals surface area contributed by atoms with Crippen LogP contribution in [0.3, 0.4) is 0 Å². The summed E-state index contributed by atoms with van der Waals surface area (Å²) in [6.45, 7) is 7.81. The van der Waals surface area contributed by atoms with Crippen molar-refractivity contribution in [1.82, 2.24) is 4.72 Å². The first-order chi connectivity index (χ1) is 14.6. The Balaban J connectivity index is 0.00000233. The second kappa shape index (κ2) is 12.6. The highest BCUT2D eigenvalue weighted by Crippen LogP contribution is 2.25. The molecule has 1 unspecified atom stereocenters. The van der Waals surface area contributed by atoms with E-state index in [2.05, 4.69) is 9.08 Å². The summed E-state index contributed by atoms with van der Waals surface area (Å²) in [7, 11) is -3.60. The molecule has 0 bridgehead atoms. The molecule has 0 aliphatic carbocycles. The Bertz CT molecular complexity index is 1070. The number of nitrogens with zero attached hydrogens (tertiary/aromatic N) is 2. The minimum atomic E-state index is -3.60. The lowest BCUT2D eigenvalue weighted by atomic mass is 10.0. The van der Waals surface area contributed by atoms with Crippen molar-refractivity contribution in [2.45, 2.75) is 50.8 Å². The van der Waals surface area contributed by atoms with Crippen molar-refractivity contribution in [2.75, 3.05) is 0 Å². The summed E-state index contributed by atoms with van der Waals surface area (Å²) < 4.78 is 19.8. The molecule has 1 aromatic heterocycles. The molecule has 0 saturated heterocycles. The normalized spacial score (nSPS) is 13.2. The molecule has 0 spiro atoms. The third-order valence-electron chi connectivity index (χ3n) is 3.75. The number of benzene rings is 1. The standard InChI is InChI=1S/C19H21ClN4O3S2.C2H6/c1-12(2)6-16(22)19(26)24-29(27,18-9-15(20)11-28-18)23-17(25)8-13-4-3-5-14(7-13)10-21;1-2/h3-5,7,9,11-12,16H,6,8,22H2,1-2H3,(H,23,24,25,26,27);1-2H3/t16-,29?;/m0./s1. The molecule has 2 rings (SSSR count). The van der Waals surface area contributed by atoms with Crippen LogP contribution in [0.5, 0.6) is 0 Å². The number of halogens is 1. The number of carbonyl (C=O) groups is 2. The number of hydrogen-bond acceptors (Lipinski definition) is 6. The first kappa shape index (κ1) is 26.8. The molecule has 10 heteroatoms. The van der Waals surface area contributed by atoms with Crippen LogP contribution in [0, 0.1) is 17.2 Å². The summed E-state index contributed by atoms with van der Waals surface area (Å²) in [6.07, 6.45) is 0.241. The van der Waals surface area contributed by atoms with Crippen molar-refractivity contribution in [3.63, 3.8) is 0 Å². The average Bonchev–Trinajstić information content (AvgIpc) is 3.16. The molecule has 0 saturated carbocycles. The van der Waals surface area contributed by atoms with Gasteiger partial charge in [-0.25, -0.2) is 4.21 Å². The van der Waals surface area contributed by atoms with E-state index in [9.17, 15) is 13.8 Å². The summed E-state index contributed by atoms with van der Waals surface area (Å²) in [4.78, 5) is 24.9. The van der Waals surface area contributed by atoms with E-state index in [1.54, 1.807) is 24.3 Å². The van der Waals surface area contributed by atoms with Gasteiger partial charge in [0.1, 0.15) is 4.21 Å². The van der Waals surface area contributed by atoms with Crippen LogP contribution >= 0.6 is 22.9 Å². The molecule has 0 fully saturated rings. The summed E-state index contributed by atoms with van der Waals surface area (Å²) in [5.74, 6) is -1.21. The fourth-order valence-corrected chi connectivity index (χ4v) is 5.55. The largest absolute Gasteiger partial charge is 0.320 e. The first-order valence-electron chi connectivity index (χ1n) is 9.73. The van der Waals surface area contributed by atoms with Gasteiger partial charge in [0.15, 0.2) is 9.92 Å². The molecule has 2 aromatic rings. The summed E-state index contributed by atoms with van der Waals surface area (Å²) in [5, 5.41) is 10.8. The maximum Gasteiger partial charge on any atom is 0.272 e. The van der Waals surface area contributed by atoms with Gasteiger partial charge in [-0.2, -0.15) is 5.26 Å². The van der Waals surface area contributed by atoms with Gasteiger partial charge in [0.05, 0.1) is 29.1 Å². The topological polar surface area (TPSA) is 125 Å². The number of hydrogen-bond donors (Lipinski definition) is 2. The number of rotatable bonds is 7. The van der Waals surface area contributed by atoms with Gasteiger partial charge < -0.3 is 5.73 Å². The monoisotopic (exact) mass is 482 g/mol. The van der Waals surface area contributed by atoms with Crippen LogP contribution in [0.2, 0.25) is 5.02 Å². The molecule has 1 heterocycles. The van der Waals surface area contributed by atoms with E-state index in [-0.39, 0.29) is 16.5 Å². The fraction of sp³-hybridized carbons (Fsp3) is 0.381. The zero-order valence-corrected chi connectivity index (χ0v) is 20.3. The third-order valence-corrected chi connectivity index (χ3v) is 7.39. The summed E-state index contributed by atoms with van der Waals surface area (Å²) in [5.41, 5.74) is 6.83. The summed E-state index contributed by atoms with van der Waals surface area (Å²) >= 11 is 6.95. The van der Waals surface area contributed by atoms with Crippen LogP contribution in [0.15, 0.2) is 44.3 Å². The minimum absolute atomic E-state index is 0.132. The van der Waals surface area contributed by atoms with Crippen LogP contribution in [0.1, 0.15) is 45.2 Å². The molecule has 31 heavy (non-hydrogen) atoms. The van der Waals surface area contributed by atoms with Gasteiger partial charge in [-0.15, -0.1) is 15.7 Å². The Kier molecular flexibility index (Phi) is 10.9. The molecule has 0 aliphatic rings. The maximum absolute atomic E-state index is 13.4. The lowest BCUT2D eigenvalue weighted by molar-refractivity contribution is -0.119. The maximum atomic E-state index is 13.4. The van der Waals surface area contributed by atoms with Gasteiger partial charge in [0, 0.05) is 5.38 Å². The van der Waals surface area contributed by atoms with Gasteiger partial charge in [-0.3, -0.25) is 14.3 Å². The van der Waals surface area contributed by atoms with E-state index >= 15 is 0 Å². The van der Waals surface area contributed by atoms with Crippen LogP contribution in [0.25, 0.3) is 0 Å². The van der Waals surface area contributed by atoms with Crippen molar-refractivity contribution in [3.8, 4) is 6.07 Å². The van der Waals surface area contributed by atoms with E-state index in [0.29, 0.717) is 22.6 Å². The zero-order chi connectivity index (χ0) is 23.6. The van der Waals surface area contributed by atoms with Gasteiger partial charge in [0.25, 0.3) is 5.91 Å². The lowest BCUT2D eigenvalue weighted by Gasteiger charge is -2.13. The molecule has 168 valence electrons. The van der Waals surface area contributed by atoms with E-state index in [0.717, 1.165) is 11.3 Å². The van der Waals surface area contributed by atoms with Gasteiger partial charge in [-0.1, -0.05) is 51.4 Å². The van der Waals surface area contributed by atoms with Crippen molar-refractivity contribution >= 4 is 44.7 Å². The second-order valence-electron chi connectivity index (χ2n) is 6.79.